The summed E-state index contributed by atoms with van der Waals surface area (Å²) in [5, 5.41) is 7.05. The highest BCUT2D eigenvalue weighted by molar-refractivity contribution is 6.04. The predicted molar refractivity (Wildman–Crippen MR) is 83.1 cm³/mol. The fourth-order valence-corrected chi connectivity index (χ4v) is 2.58. The number of nitrogens with one attached hydrogen (secondary N) is 1. The average molecular weight is 291 g/mol. The van der Waals surface area contributed by atoms with Gasteiger partial charge in [-0.3, -0.25) is 9.20 Å². The van der Waals surface area contributed by atoms with Crippen LogP contribution in [-0.2, 0) is 0 Å². The Morgan fingerprint density at radius 2 is 2.09 bits per heavy atom. The lowest BCUT2D eigenvalue weighted by Gasteiger charge is -2.06. The molecule has 0 aliphatic carbocycles. The van der Waals surface area contributed by atoms with E-state index in [0.29, 0.717) is 11.4 Å². The van der Waals surface area contributed by atoms with Gasteiger partial charge in [0.25, 0.3) is 5.91 Å². The largest absolute Gasteiger partial charge is 0.321 e. The van der Waals surface area contributed by atoms with Crippen molar-refractivity contribution < 1.29 is 4.79 Å². The third kappa shape index (κ3) is 1.93. The van der Waals surface area contributed by atoms with Crippen LogP contribution in [0.3, 0.4) is 0 Å². The van der Waals surface area contributed by atoms with Crippen molar-refractivity contribution in [2.45, 2.75) is 6.92 Å². The molecule has 4 aromatic heterocycles. The lowest BCUT2D eigenvalue weighted by Crippen LogP contribution is -2.15. The summed E-state index contributed by atoms with van der Waals surface area (Å²) in [7, 11) is 0. The van der Waals surface area contributed by atoms with E-state index in [2.05, 4.69) is 15.4 Å². The maximum absolute atomic E-state index is 12.6. The number of nitrogens with zero attached hydrogens (tertiary/aromatic N) is 4. The zero-order chi connectivity index (χ0) is 15.1. The van der Waals surface area contributed by atoms with Crippen LogP contribution in [-0.4, -0.2) is 24.9 Å². The van der Waals surface area contributed by atoms with E-state index in [4.69, 9.17) is 0 Å². The maximum atomic E-state index is 12.6. The van der Waals surface area contributed by atoms with Crippen LogP contribution < -0.4 is 5.32 Å². The first kappa shape index (κ1) is 12.6. The predicted octanol–water partition coefficient (Wildman–Crippen LogP) is 2.54. The van der Waals surface area contributed by atoms with Crippen molar-refractivity contribution >= 4 is 22.8 Å². The molecule has 0 aliphatic rings. The summed E-state index contributed by atoms with van der Waals surface area (Å²) >= 11 is 0. The Hall–Kier alpha value is -3.15. The van der Waals surface area contributed by atoms with E-state index in [1.165, 1.54) is 0 Å². The van der Waals surface area contributed by atoms with Gasteiger partial charge in [0.05, 0.1) is 11.2 Å². The van der Waals surface area contributed by atoms with E-state index in [9.17, 15) is 4.79 Å². The highest BCUT2D eigenvalue weighted by Crippen LogP contribution is 2.16. The number of rotatable bonds is 2. The smallest absolute Gasteiger partial charge is 0.274 e. The Morgan fingerprint density at radius 3 is 3.00 bits per heavy atom. The van der Waals surface area contributed by atoms with E-state index in [0.717, 1.165) is 16.9 Å². The van der Waals surface area contributed by atoms with Crippen molar-refractivity contribution in [1.82, 2.24) is 19.0 Å². The van der Waals surface area contributed by atoms with E-state index < -0.39 is 0 Å². The molecule has 108 valence electrons. The number of carbonyl (C=O) groups is 1. The summed E-state index contributed by atoms with van der Waals surface area (Å²) in [5.41, 5.74) is 3.66. The van der Waals surface area contributed by atoms with Crippen molar-refractivity contribution in [3.05, 3.63) is 66.4 Å². The van der Waals surface area contributed by atoms with E-state index >= 15 is 0 Å². The molecule has 0 fully saturated rings. The van der Waals surface area contributed by atoms with Crippen molar-refractivity contribution in [2.24, 2.45) is 0 Å². The molecule has 6 heteroatoms. The molecular formula is C16H13N5O. The molecule has 1 amide bonds. The number of pyridine rings is 2. The first-order valence-corrected chi connectivity index (χ1v) is 6.91. The van der Waals surface area contributed by atoms with Crippen LogP contribution >= 0.6 is 0 Å². The van der Waals surface area contributed by atoms with Gasteiger partial charge in [-0.1, -0.05) is 6.07 Å². The Labute approximate surface area is 126 Å². The number of aryl methyl sites for hydroxylation is 1. The fourth-order valence-electron chi connectivity index (χ4n) is 2.58. The number of aromatic nitrogens is 4. The van der Waals surface area contributed by atoms with Gasteiger partial charge in [-0.2, -0.15) is 5.10 Å². The molecule has 1 N–H and O–H groups in total. The van der Waals surface area contributed by atoms with Gasteiger partial charge >= 0.3 is 0 Å². The van der Waals surface area contributed by atoms with Crippen molar-refractivity contribution in [3.8, 4) is 0 Å². The van der Waals surface area contributed by atoms with Crippen molar-refractivity contribution in [2.75, 3.05) is 5.32 Å². The molecule has 0 aromatic carbocycles. The van der Waals surface area contributed by atoms with E-state index in [-0.39, 0.29) is 5.91 Å². The minimum absolute atomic E-state index is 0.180. The lowest BCUT2D eigenvalue weighted by molar-refractivity contribution is 0.102. The number of fused-ring (bicyclic) bond motifs is 2. The molecular weight excluding hydrogens is 278 g/mol. The molecule has 6 nitrogen and oxygen atoms in total. The van der Waals surface area contributed by atoms with Gasteiger partial charge in [-0.15, -0.1) is 0 Å². The van der Waals surface area contributed by atoms with Crippen molar-refractivity contribution in [3.63, 3.8) is 0 Å². The number of amides is 1. The number of carbonyl (C=O) groups excluding carboxylic acids is 1. The van der Waals surface area contributed by atoms with Crippen LogP contribution in [0.1, 0.15) is 16.2 Å². The minimum atomic E-state index is -0.180. The van der Waals surface area contributed by atoms with Gasteiger partial charge in [0.15, 0.2) is 0 Å². The monoisotopic (exact) mass is 291 g/mol. The first-order valence-electron chi connectivity index (χ1n) is 6.91. The van der Waals surface area contributed by atoms with Crippen molar-refractivity contribution in [1.29, 1.82) is 0 Å². The summed E-state index contributed by atoms with van der Waals surface area (Å²) < 4.78 is 3.54. The van der Waals surface area contributed by atoms with E-state index in [1.54, 1.807) is 15.1 Å². The topological polar surface area (TPSA) is 63.7 Å². The van der Waals surface area contributed by atoms with Gasteiger partial charge < -0.3 is 5.32 Å². The summed E-state index contributed by atoms with van der Waals surface area (Å²) in [5.74, 6) is -0.180. The number of hydrogen-bond acceptors (Lipinski definition) is 3. The summed E-state index contributed by atoms with van der Waals surface area (Å²) in [6, 6.07) is 11.2. The van der Waals surface area contributed by atoms with Gasteiger partial charge in [-0.25, -0.2) is 9.50 Å². The molecule has 0 unspecified atom stereocenters. The maximum Gasteiger partial charge on any atom is 0.274 e. The molecule has 0 aliphatic heterocycles. The second-order valence-corrected chi connectivity index (χ2v) is 5.04. The Balaban J connectivity index is 1.72. The highest BCUT2D eigenvalue weighted by atomic mass is 16.2. The molecule has 4 heterocycles. The number of hydrogen-bond donors (Lipinski definition) is 1. The quantitative estimate of drug-likeness (QED) is 0.617. The molecule has 0 radical (unpaired) electrons. The van der Waals surface area contributed by atoms with Crippen LogP contribution in [0.15, 0.2) is 55.0 Å². The molecule has 0 spiro atoms. The average Bonchev–Trinajstić information content (AvgIpc) is 3.09. The first-order chi connectivity index (χ1) is 10.7. The number of anilines is 1. The fraction of sp³-hybridized carbons (Fsp3) is 0.0625. The van der Waals surface area contributed by atoms with Gasteiger partial charge in [0.1, 0.15) is 11.3 Å². The second-order valence-electron chi connectivity index (χ2n) is 5.04. The normalized spacial score (nSPS) is 11.1. The van der Waals surface area contributed by atoms with Crippen LogP contribution in [0, 0.1) is 6.92 Å². The Kier molecular flexibility index (Phi) is 2.69. The summed E-state index contributed by atoms with van der Waals surface area (Å²) in [4.78, 5) is 17.0. The van der Waals surface area contributed by atoms with Gasteiger partial charge in [-0.05, 0) is 37.3 Å². The third-order valence-electron chi connectivity index (χ3n) is 3.58. The van der Waals surface area contributed by atoms with Crippen LogP contribution in [0.25, 0.3) is 11.2 Å². The van der Waals surface area contributed by atoms with Crippen LogP contribution in [0.2, 0.25) is 0 Å². The zero-order valence-electron chi connectivity index (χ0n) is 11.9. The molecule has 0 saturated heterocycles. The Morgan fingerprint density at radius 1 is 1.18 bits per heavy atom. The van der Waals surface area contributed by atoms with Gasteiger partial charge in [0, 0.05) is 24.3 Å². The third-order valence-corrected chi connectivity index (χ3v) is 3.58. The Bertz CT molecular complexity index is 998. The standard InChI is InChI=1S/C16H13N5O/c1-11-15(20-8-3-2-4-14(20)18-11)16(22)19-12-6-9-21-13(10-12)5-7-17-21/h2-10H,1H3,(H,19,22). The van der Waals surface area contributed by atoms with Gasteiger partial charge in [0.2, 0.25) is 0 Å². The van der Waals surface area contributed by atoms with Crippen LogP contribution in [0.4, 0.5) is 5.69 Å². The zero-order valence-corrected chi connectivity index (χ0v) is 11.9. The molecule has 0 saturated carbocycles. The van der Waals surface area contributed by atoms with Crippen LogP contribution in [0.5, 0.6) is 0 Å². The summed E-state index contributed by atoms with van der Waals surface area (Å²) in [6.45, 7) is 1.84. The molecule has 4 aromatic rings. The summed E-state index contributed by atoms with van der Waals surface area (Å²) in [6.07, 6.45) is 5.37. The SMILES string of the molecule is Cc1nc2ccccn2c1C(=O)Nc1ccn2nccc2c1. The molecule has 4 rings (SSSR count). The highest BCUT2D eigenvalue weighted by Gasteiger charge is 2.16. The van der Waals surface area contributed by atoms with E-state index in [1.807, 2.05) is 55.7 Å². The number of imidazole rings is 1. The second kappa shape index (κ2) is 4.70. The molecule has 0 bridgehead atoms. The minimum Gasteiger partial charge on any atom is -0.321 e. The lowest BCUT2D eigenvalue weighted by atomic mass is 10.3. The molecule has 0 atom stereocenters. The molecule has 22 heavy (non-hydrogen) atoms.